The molecule has 0 saturated heterocycles. The second-order valence-electron chi connectivity index (χ2n) is 2.71. The van der Waals surface area contributed by atoms with Crippen LogP contribution in [0.5, 0.6) is 0 Å². The van der Waals surface area contributed by atoms with Crippen LogP contribution in [-0.2, 0) is 4.79 Å². The van der Waals surface area contributed by atoms with E-state index < -0.39 is 24.1 Å². The number of halogens is 2. The lowest BCUT2D eigenvalue weighted by Crippen LogP contribution is -2.28. The predicted octanol–water partition coefficient (Wildman–Crippen LogP) is 0.920. The number of carbonyl (C=O) groups excluding carboxylic acids is 1. The Morgan fingerprint density at radius 2 is 2.07 bits per heavy atom. The van der Waals surface area contributed by atoms with Crippen molar-refractivity contribution in [3.63, 3.8) is 0 Å². The van der Waals surface area contributed by atoms with Crippen LogP contribution in [0.4, 0.5) is 14.5 Å². The zero-order valence-corrected chi connectivity index (χ0v) is 7.50. The minimum Gasteiger partial charge on any atom is -0.387 e. The zero-order valence-electron chi connectivity index (χ0n) is 7.50. The first-order valence-corrected chi connectivity index (χ1v) is 3.88. The smallest absolute Gasteiger partial charge is 0.252 e. The van der Waals surface area contributed by atoms with Gasteiger partial charge in [-0.3, -0.25) is 4.79 Å². The maximum atomic E-state index is 12.7. The highest BCUT2D eigenvalue weighted by Crippen LogP contribution is 2.16. The number of aliphatic hydroxyl groups excluding tert-OH is 1. The quantitative estimate of drug-likeness (QED) is 0.772. The summed E-state index contributed by atoms with van der Waals surface area (Å²) in [6.45, 7) is -0.671. The largest absolute Gasteiger partial charge is 0.387 e. The van der Waals surface area contributed by atoms with Gasteiger partial charge in [-0.05, 0) is 12.1 Å². The summed E-state index contributed by atoms with van der Waals surface area (Å²) in [5, 5.41) is 8.53. The molecule has 0 heterocycles. The maximum Gasteiger partial charge on any atom is 0.252 e. The fraction of sp³-hybridized carbons (Fsp3) is 0.222. The number of hydrogen-bond donors (Lipinski definition) is 1. The summed E-state index contributed by atoms with van der Waals surface area (Å²) in [6.07, 6.45) is 0. The van der Waals surface area contributed by atoms with E-state index in [0.29, 0.717) is 0 Å². The Balaban J connectivity index is 2.96. The average molecular weight is 201 g/mol. The van der Waals surface area contributed by atoms with Crippen LogP contribution in [0.15, 0.2) is 18.2 Å². The highest BCUT2D eigenvalue weighted by Gasteiger charge is 2.11. The van der Waals surface area contributed by atoms with E-state index in [-0.39, 0.29) is 5.69 Å². The molecule has 0 aliphatic carbocycles. The highest BCUT2D eigenvalue weighted by atomic mass is 19.2. The molecular weight excluding hydrogens is 192 g/mol. The van der Waals surface area contributed by atoms with Crippen molar-refractivity contribution >= 4 is 11.6 Å². The van der Waals surface area contributed by atoms with Gasteiger partial charge in [0.2, 0.25) is 0 Å². The van der Waals surface area contributed by atoms with Gasteiger partial charge in [0.15, 0.2) is 11.6 Å². The summed E-state index contributed by atoms with van der Waals surface area (Å²) in [5.74, 6) is -2.59. The van der Waals surface area contributed by atoms with E-state index >= 15 is 0 Å². The number of likely N-dealkylation sites (N-methyl/N-ethyl adjacent to an activating group) is 1. The van der Waals surface area contributed by atoms with Crippen LogP contribution in [0.3, 0.4) is 0 Å². The second kappa shape index (κ2) is 4.15. The van der Waals surface area contributed by atoms with Gasteiger partial charge in [0.05, 0.1) is 0 Å². The van der Waals surface area contributed by atoms with Gasteiger partial charge in [0.1, 0.15) is 6.61 Å². The summed E-state index contributed by atoms with van der Waals surface area (Å²) in [4.78, 5) is 12.0. The number of anilines is 1. The van der Waals surface area contributed by atoms with Crippen LogP contribution < -0.4 is 4.90 Å². The molecule has 0 unspecified atom stereocenters. The van der Waals surface area contributed by atoms with Crippen molar-refractivity contribution in [1.82, 2.24) is 0 Å². The Hall–Kier alpha value is -1.49. The summed E-state index contributed by atoms with van der Waals surface area (Å²) in [7, 11) is 1.37. The van der Waals surface area contributed by atoms with Gasteiger partial charge in [-0.15, -0.1) is 0 Å². The molecule has 0 aliphatic heterocycles. The minimum atomic E-state index is -1.03. The normalized spacial score (nSPS) is 10.0. The lowest BCUT2D eigenvalue weighted by molar-refractivity contribution is -0.120. The molecule has 1 amide bonds. The molecule has 1 rings (SSSR count). The van der Waals surface area contributed by atoms with Crippen molar-refractivity contribution in [3.05, 3.63) is 29.8 Å². The SMILES string of the molecule is CN(C(=O)CO)c1ccc(F)c(F)c1. The molecule has 1 aromatic rings. The second-order valence-corrected chi connectivity index (χ2v) is 2.71. The molecule has 0 bridgehead atoms. The summed E-state index contributed by atoms with van der Waals surface area (Å²) in [6, 6.07) is 3.07. The topological polar surface area (TPSA) is 40.5 Å². The fourth-order valence-corrected chi connectivity index (χ4v) is 0.944. The van der Waals surface area contributed by atoms with Crippen LogP contribution in [0, 0.1) is 11.6 Å². The molecule has 0 aromatic heterocycles. The average Bonchev–Trinajstić information content (AvgIpc) is 2.20. The number of nitrogens with zero attached hydrogens (tertiary/aromatic N) is 1. The summed E-state index contributed by atoms with van der Waals surface area (Å²) in [5.41, 5.74) is 0.197. The number of amides is 1. The number of rotatable bonds is 2. The van der Waals surface area contributed by atoms with E-state index in [1.54, 1.807) is 0 Å². The van der Waals surface area contributed by atoms with E-state index in [0.717, 1.165) is 17.0 Å². The third kappa shape index (κ3) is 2.05. The number of benzene rings is 1. The molecule has 0 spiro atoms. The molecular formula is C9H9F2NO2. The van der Waals surface area contributed by atoms with Crippen LogP contribution in [0.25, 0.3) is 0 Å². The number of carbonyl (C=O) groups is 1. The summed E-state index contributed by atoms with van der Waals surface area (Å²) < 4.78 is 25.2. The molecule has 0 aliphatic rings. The van der Waals surface area contributed by atoms with Crippen LogP contribution in [0.1, 0.15) is 0 Å². The Morgan fingerprint density at radius 1 is 1.43 bits per heavy atom. The van der Waals surface area contributed by atoms with Gasteiger partial charge in [-0.1, -0.05) is 0 Å². The standard InChI is InChI=1S/C9H9F2NO2/c1-12(9(14)5-13)6-2-3-7(10)8(11)4-6/h2-4,13H,5H2,1H3. The van der Waals surface area contributed by atoms with Crippen molar-refractivity contribution in [2.45, 2.75) is 0 Å². The van der Waals surface area contributed by atoms with Crippen molar-refractivity contribution in [2.75, 3.05) is 18.6 Å². The Kier molecular flexibility index (Phi) is 3.14. The zero-order chi connectivity index (χ0) is 10.7. The van der Waals surface area contributed by atoms with Gasteiger partial charge >= 0.3 is 0 Å². The molecule has 0 atom stereocenters. The minimum absolute atomic E-state index is 0.197. The van der Waals surface area contributed by atoms with Crippen LogP contribution >= 0.6 is 0 Å². The lowest BCUT2D eigenvalue weighted by Gasteiger charge is -2.15. The van der Waals surface area contributed by atoms with Gasteiger partial charge in [0.25, 0.3) is 5.91 Å². The highest BCUT2D eigenvalue weighted by molar-refractivity contribution is 5.93. The van der Waals surface area contributed by atoms with Crippen LogP contribution in [0.2, 0.25) is 0 Å². The Labute approximate surface area is 79.6 Å². The van der Waals surface area contributed by atoms with Crippen molar-refractivity contribution in [1.29, 1.82) is 0 Å². The first-order valence-electron chi connectivity index (χ1n) is 3.88. The van der Waals surface area contributed by atoms with Gasteiger partial charge in [-0.25, -0.2) is 8.78 Å². The Bertz CT molecular complexity index is 355. The van der Waals surface area contributed by atoms with E-state index in [2.05, 4.69) is 0 Å². The Morgan fingerprint density at radius 3 is 2.57 bits per heavy atom. The van der Waals surface area contributed by atoms with Crippen molar-refractivity contribution < 1.29 is 18.7 Å². The molecule has 5 heteroatoms. The molecule has 1 aromatic carbocycles. The van der Waals surface area contributed by atoms with Crippen LogP contribution in [-0.4, -0.2) is 24.7 Å². The molecule has 3 nitrogen and oxygen atoms in total. The first-order chi connectivity index (χ1) is 6.56. The molecule has 14 heavy (non-hydrogen) atoms. The molecule has 0 radical (unpaired) electrons. The molecule has 1 N–H and O–H groups in total. The fourth-order valence-electron chi connectivity index (χ4n) is 0.944. The molecule has 76 valence electrons. The number of hydrogen-bond acceptors (Lipinski definition) is 2. The first kappa shape index (κ1) is 10.6. The summed E-state index contributed by atoms with van der Waals surface area (Å²) >= 11 is 0. The predicted molar refractivity (Wildman–Crippen MR) is 46.9 cm³/mol. The third-order valence-corrected chi connectivity index (χ3v) is 1.80. The maximum absolute atomic E-state index is 12.7. The molecule has 0 fully saturated rings. The van der Waals surface area contributed by atoms with Gasteiger partial charge in [-0.2, -0.15) is 0 Å². The third-order valence-electron chi connectivity index (χ3n) is 1.80. The van der Waals surface area contributed by atoms with Crippen molar-refractivity contribution in [2.24, 2.45) is 0 Å². The van der Waals surface area contributed by atoms with Gasteiger partial charge < -0.3 is 10.0 Å². The van der Waals surface area contributed by atoms with Gasteiger partial charge in [0, 0.05) is 18.8 Å². The lowest BCUT2D eigenvalue weighted by atomic mass is 10.3. The van der Waals surface area contributed by atoms with E-state index in [1.165, 1.54) is 13.1 Å². The van der Waals surface area contributed by atoms with E-state index in [4.69, 9.17) is 5.11 Å². The van der Waals surface area contributed by atoms with E-state index in [1.807, 2.05) is 0 Å². The van der Waals surface area contributed by atoms with E-state index in [9.17, 15) is 13.6 Å². The molecule has 0 saturated carbocycles. The van der Waals surface area contributed by atoms with Crippen molar-refractivity contribution in [3.8, 4) is 0 Å². The monoisotopic (exact) mass is 201 g/mol. The number of aliphatic hydroxyl groups is 1.